The van der Waals surface area contributed by atoms with Gasteiger partial charge in [0.25, 0.3) is 0 Å². The Morgan fingerprint density at radius 3 is 2.67 bits per heavy atom. The maximum absolute atomic E-state index is 3.70. The summed E-state index contributed by atoms with van der Waals surface area (Å²) in [5.74, 6) is 0. The molecule has 0 saturated heterocycles. The molecule has 0 heterocycles. The predicted molar refractivity (Wildman–Crippen MR) is 106 cm³/mol. The molecule has 0 bridgehead atoms. The van der Waals surface area contributed by atoms with Gasteiger partial charge in [0.15, 0.2) is 0 Å². The summed E-state index contributed by atoms with van der Waals surface area (Å²) in [5.41, 5.74) is 2.67. The molecule has 0 aliphatic rings. The summed E-state index contributed by atoms with van der Waals surface area (Å²) in [6.45, 7) is 3.23. The predicted octanol–water partition coefficient (Wildman–Crippen LogP) is 6.10. The lowest BCUT2D eigenvalue weighted by Gasteiger charge is -2.21. The van der Waals surface area contributed by atoms with E-state index in [4.69, 9.17) is 0 Å². The number of nitrogens with one attached hydrogen (secondary N) is 1. The van der Waals surface area contributed by atoms with Gasteiger partial charge < -0.3 is 5.32 Å². The fourth-order valence-electron chi connectivity index (χ4n) is 2.29. The van der Waals surface area contributed by atoms with E-state index < -0.39 is 0 Å². The van der Waals surface area contributed by atoms with Crippen LogP contribution in [-0.2, 0) is 6.42 Å². The second kappa shape index (κ2) is 8.65. The second-order valence-electron chi connectivity index (χ2n) is 5.01. The van der Waals surface area contributed by atoms with Gasteiger partial charge in [-0.2, -0.15) is 0 Å². The standard InChI is InChI=1S/C17H18Br2IN/c1-2-8-21-17(10-12-4-3-5-13(18)9-12)15-11-14(20)6-7-16(15)19/h3-7,9,11,17,21H,2,8,10H2,1H3. The third-order valence-corrected chi connectivity index (χ3v) is 5.19. The minimum atomic E-state index is 0.323. The maximum atomic E-state index is 3.70. The highest BCUT2D eigenvalue weighted by Crippen LogP contribution is 2.28. The van der Waals surface area contributed by atoms with Crippen LogP contribution in [0.4, 0.5) is 0 Å². The SMILES string of the molecule is CCCNC(Cc1cccc(Br)c1)c1cc(I)ccc1Br. The van der Waals surface area contributed by atoms with Gasteiger partial charge in [0.2, 0.25) is 0 Å². The summed E-state index contributed by atoms with van der Waals surface area (Å²) in [5, 5.41) is 3.67. The Morgan fingerprint density at radius 1 is 1.14 bits per heavy atom. The monoisotopic (exact) mass is 521 g/mol. The van der Waals surface area contributed by atoms with Crippen LogP contribution in [0.5, 0.6) is 0 Å². The van der Waals surface area contributed by atoms with E-state index in [0.29, 0.717) is 6.04 Å². The topological polar surface area (TPSA) is 12.0 Å². The number of hydrogen-bond acceptors (Lipinski definition) is 1. The van der Waals surface area contributed by atoms with Crippen LogP contribution in [0.25, 0.3) is 0 Å². The van der Waals surface area contributed by atoms with Gasteiger partial charge in [-0.25, -0.2) is 0 Å². The Kier molecular flexibility index (Phi) is 7.19. The third kappa shape index (κ3) is 5.34. The van der Waals surface area contributed by atoms with Gasteiger partial charge in [-0.05, 0) is 83.4 Å². The first-order valence-electron chi connectivity index (χ1n) is 7.03. The van der Waals surface area contributed by atoms with Crippen LogP contribution in [0.3, 0.4) is 0 Å². The molecule has 21 heavy (non-hydrogen) atoms. The molecular formula is C17H18Br2IN. The van der Waals surface area contributed by atoms with Gasteiger partial charge >= 0.3 is 0 Å². The Hall–Kier alpha value is 0.0900. The van der Waals surface area contributed by atoms with E-state index >= 15 is 0 Å². The molecule has 0 spiro atoms. The van der Waals surface area contributed by atoms with Crippen molar-refractivity contribution in [3.05, 3.63) is 66.1 Å². The lowest BCUT2D eigenvalue weighted by molar-refractivity contribution is 0.527. The van der Waals surface area contributed by atoms with Gasteiger partial charge in [-0.3, -0.25) is 0 Å². The molecule has 4 heteroatoms. The average Bonchev–Trinajstić information content (AvgIpc) is 2.46. The zero-order valence-electron chi connectivity index (χ0n) is 11.9. The maximum Gasteiger partial charge on any atom is 0.0372 e. The summed E-state index contributed by atoms with van der Waals surface area (Å²) in [4.78, 5) is 0. The largest absolute Gasteiger partial charge is 0.310 e. The van der Waals surface area contributed by atoms with Crippen LogP contribution in [0.1, 0.15) is 30.5 Å². The molecule has 0 fully saturated rings. The Labute approximate surface area is 157 Å². The van der Waals surface area contributed by atoms with Crippen molar-refractivity contribution in [2.24, 2.45) is 0 Å². The molecule has 2 aromatic rings. The van der Waals surface area contributed by atoms with E-state index in [1.165, 1.54) is 19.2 Å². The molecule has 0 amide bonds. The first kappa shape index (κ1) is 17.4. The highest BCUT2D eigenvalue weighted by Gasteiger charge is 2.15. The molecule has 2 aromatic carbocycles. The molecule has 1 atom stereocenters. The zero-order chi connectivity index (χ0) is 15.2. The Bertz CT molecular complexity index is 601. The lowest BCUT2D eigenvalue weighted by Crippen LogP contribution is -2.24. The van der Waals surface area contributed by atoms with Crippen molar-refractivity contribution in [3.63, 3.8) is 0 Å². The van der Waals surface area contributed by atoms with Crippen LogP contribution in [-0.4, -0.2) is 6.54 Å². The van der Waals surface area contributed by atoms with E-state index in [0.717, 1.165) is 23.9 Å². The van der Waals surface area contributed by atoms with Gasteiger partial charge in [0.05, 0.1) is 0 Å². The van der Waals surface area contributed by atoms with Crippen molar-refractivity contribution < 1.29 is 0 Å². The number of rotatable bonds is 6. The summed E-state index contributed by atoms with van der Waals surface area (Å²) in [6.07, 6.45) is 2.12. The van der Waals surface area contributed by atoms with E-state index in [-0.39, 0.29) is 0 Å². The average molecular weight is 523 g/mol. The molecule has 1 N–H and O–H groups in total. The lowest BCUT2D eigenvalue weighted by atomic mass is 9.99. The van der Waals surface area contributed by atoms with E-state index in [2.05, 4.69) is 109 Å². The van der Waals surface area contributed by atoms with E-state index in [1.807, 2.05) is 0 Å². The number of halogens is 3. The summed E-state index contributed by atoms with van der Waals surface area (Å²) < 4.78 is 3.57. The van der Waals surface area contributed by atoms with Gasteiger partial charge in [0, 0.05) is 18.6 Å². The molecule has 0 radical (unpaired) electrons. The van der Waals surface area contributed by atoms with Crippen LogP contribution >= 0.6 is 54.5 Å². The molecule has 0 aliphatic heterocycles. The highest BCUT2D eigenvalue weighted by molar-refractivity contribution is 14.1. The van der Waals surface area contributed by atoms with E-state index in [9.17, 15) is 0 Å². The van der Waals surface area contributed by atoms with Crippen molar-refractivity contribution in [3.8, 4) is 0 Å². The van der Waals surface area contributed by atoms with E-state index in [1.54, 1.807) is 0 Å². The molecule has 0 aromatic heterocycles. The Balaban J connectivity index is 2.27. The molecule has 1 unspecified atom stereocenters. The van der Waals surface area contributed by atoms with Gasteiger partial charge in [-0.15, -0.1) is 0 Å². The van der Waals surface area contributed by atoms with Crippen LogP contribution < -0.4 is 5.32 Å². The molecule has 1 nitrogen and oxygen atoms in total. The van der Waals surface area contributed by atoms with Crippen LogP contribution in [0.15, 0.2) is 51.4 Å². The molecule has 2 rings (SSSR count). The molecule has 0 aliphatic carbocycles. The summed E-state index contributed by atoms with van der Waals surface area (Å²) in [6, 6.07) is 15.4. The van der Waals surface area contributed by atoms with Crippen molar-refractivity contribution in [1.29, 1.82) is 0 Å². The molecule has 0 saturated carbocycles. The third-order valence-electron chi connectivity index (χ3n) is 3.30. The summed E-state index contributed by atoms with van der Waals surface area (Å²) >= 11 is 9.63. The molecule has 112 valence electrons. The number of hydrogen-bond donors (Lipinski definition) is 1. The normalized spacial score (nSPS) is 12.4. The highest BCUT2D eigenvalue weighted by atomic mass is 127. The van der Waals surface area contributed by atoms with Crippen molar-refractivity contribution in [2.45, 2.75) is 25.8 Å². The minimum absolute atomic E-state index is 0.323. The Morgan fingerprint density at radius 2 is 1.95 bits per heavy atom. The quantitative estimate of drug-likeness (QED) is 0.452. The van der Waals surface area contributed by atoms with Crippen molar-refractivity contribution in [1.82, 2.24) is 5.32 Å². The van der Waals surface area contributed by atoms with Crippen LogP contribution in [0, 0.1) is 3.57 Å². The first-order valence-corrected chi connectivity index (χ1v) is 9.69. The van der Waals surface area contributed by atoms with Crippen LogP contribution in [0.2, 0.25) is 0 Å². The fourth-order valence-corrected chi connectivity index (χ4v) is 3.78. The fraction of sp³-hybridized carbons (Fsp3) is 0.294. The van der Waals surface area contributed by atoms with Crippen molar-refractivity contribution in [2.75, 3.05) is 6.54 Å². The first-order chi connectivity index (χ1) is 10.1. The van der Waals surface area contributed by atoms with Crippen molar-refractivity contribution >= 4 is 54.5 Å². The second-order valence-corrected chi connectivity index (χ2v) is 8.02. The van der Waals surface area contributed by atoms with Gasteiger partial charge in [-0.1, -0.05) is 50.9 Å². The zero-order valence-corrected chi connectivity index (χ0v) is 17.2. The minimum Gasteiger partial charge on any atom is -0.310 e. The smallest absolute Gasteiger partial charge is 0.0372 e. The summed E-state index contributed by atoms with van der Waals surface area (Å²) in [7, 11) is 0. The number of benzene rings is 2. The van der Waals surface area contributed by atoms with Gasteiger partial charge in [0.1, 0.15) is 0 Å². The molecular weight excluding hydrogens is 505 g/mol.